The molecule has 2 rings (SSSR count). The highest BCUT2D eigenvalue weighted by Gasteiger charge is 2.09. The third kappa shape index (κ3) is 4.94. The summed E-state index contributed by atoms with van der Waals surface area (Å²) < 4.78 is 13.6. The van der Waals surface area contributed by atoms with Crippen LogP contribution in [0, 0.1) is 5.82 Å². The van der Waals surface area contributed by atoms with Crippen molar-refractivity contribution in [2.45, 2.75) is 19.5 Å². The van der Waals surface area contributed by atoms with Crippen molar-refractivity contribution in [3.8, 4) is 0 Å². The number of anilines is 1. The van der Waals surface area contributed by atoms with E-state index in [4.69, 9.17) is 16.7 Å². The van der Waals surface area contributed by atoms with E-state index in [1.54, 1.807) is 37.3 Å². The fourth-order valence-electron chi connectivity index (χ4n) is 1.97. The highest BCUT2D eigenvalue weighted by molar-refractivity contribution is 6.30. The average molecular weight is 337 g/mol. The summed E-state index contributed by atoms with van der Waals surface area (Å²) in [7, 11) is 0. The second kappa shape index (κ2) is 7.94. The lowest BCUT2D eigenvalue weighted by Gasteiger charge is -2.12. The predicted molar refractivity (Wildman–Crippen MR) is 89.2 cm³/mol. The van der Waals surface area contributed by atoms with Crippen LogP contribution in [0.4, 0.5) is 10.1 Å². The van der Waals surface area contributed by atoms with E-state index in [0.717, 1.165) is 5.69 Å². The summed E-state index contributed by atoms with van der Waals surface area (Å²) in [6.07, 6.45) is 0. The number of amides is 1. The monoisotopic (exact) mass is 336 g/mol. The molecule has 4 nitrogen and oxygen atoms in total. The second-order valence-electron chi connectivity index (χ2n) is 5.22. The maximum absolute atomic E-state index is 13.6. The fourth-order valence-corrected chi connectivity index (χ4v) is 2.16. The first-order valence-corrected chi connectivity index (χ1v) is 7.57. The normalized spacial score (nSPS) is 11.8. The van der Waals surface area contributed by atoms with E-state index in [2.05, 4.69) is 10.6 Å². The van der Waals surface area contributed by atoms with Gasteiger partial charge in [0.05, 0.1) is 6.61 Å². The zero-order chi connectivity index (χ0) is 16.8. The van der Waals surface area contributed by atoms with Gasteiger partial charge in [0.1, 0.15) is 5.82 Å². The summed E-state index contributed by atoms with van der Waals surface area (Å²) >= 11 is 5.85. The maximum Gasteiger partial charge on any atom is 0.251 e. The first-order valence-electron chi connectivity index (χ1n) is 7.19. The van der Waals surface area contributed by atoms with Crippen LogP contribution in [0.2, 0.25) is 5.02 Å². The van der Waals surface area contributed by atoms with Gasteiger partial charge in [-0.2, -0.15) is 0 Å². The van der Waals surface area contributed by atoms with Crippen molar-refractivity contribution in [2.75, 3.05) is 11.9 Å². The summed E-state index contributed by atoms with van der Waals surface area (Å²) in [5.41, 5.74) is 1.72. The molecule has 0 saturated heterocycles. The SMILES string of the molecule is C[C@H](CO)NC(=O)c1ccc(NCc2cc(Cl)ccc2F)cc1. The Morgan fingerprint density at radius 3 is 2.61 bits per heavy atom. The largest absolute Gasteiger partial charge is 0.394 e. The van der Waals surface area contributed by atoms with Crippen LogP contribution in [0.15, 0.2) is 42.5 Å². The number of hydrogen-bond donors (Lipinski definition) is 3. The molecule has 1 atom stereocenters. The number of nitrogens with one attached hydrogen (secondary N) is 2. The molecule has 0 bridgehead atoms. The fraction of sp³-hybridized carbons (Fsp3) is 0.235. The van der Waals surface area contributed by atoms with E-state index in [1.807, 2.05) is 0 Å². The zero-order valence-electron chi connectivity index (χ0n) is 12.6. The molecular formula is C17H18ClFN2O2. The molecule has 23 heavy (non-hydrogen) atoms. The van der Waals surface area contributed by atoms with Crippen LogP contribution in [0.1, 0.15) is 22.8 Å². The van der Waals surface area contributed by atoms with Crippen molar-refractivity contribution in [3.63, 3.8) is 0 Å². The second-order valence-corrected chi connectivity index (χ2v) is 5.66. The van der Waals surface area contributed by atoms with Gasteiger partial charge in [0.25, 0.3) is 5.91 Å². The van der Waals surface area contributed by atoms with Gasteiger partial charge in [0, 0.05) is 34.4 Å². The first kappa shape index (κ1) is 17.2. The molecule has 6 heteroatoms. The molecule has 0 aliphatic heterocycles. The summed E-state index contributed by atoms with van der Waals surface area (Å²) in [6.45, 7) is 1.89. The Balaban J connectivity index is 1.97. The van der Waals surface area contributed by atoms with Crippen LogP contribution < -0.4 is 10.6 Å². The summed E-state index contributed by atoms with van der Waals surface area (Å²) in [6, 6.07) is 10.9. The van der Waals surface area contributed by atoms with Gasteiger partial charge in [-0.05, 0) is 49.4 Å². The molecule has 3 N–H and O–H groups in total. The van der Waals surface area contributed by atoms with Crippen molar-refractivity contribution < 1.29 is 14.3 Å². The van der Waals surface area contributed by atoms with Crippen LogP contribution in [0.25, 0.3) is 0 Å². The van der Waals surface area contributed by atoms with E-state index >= 15 is 0 Å². The van der Waals surface area contributed by atoms with Crippen LogP contribution in [-0.2, 0) is 6.54 Å². The molecule has 0 aliphatic rings. The quantitative estimate of drug-likeness (QED) is 0.759. The Bertz CT molecular complexity index is 677. The van der Waals surface area contributed by atoms with E-state index < -0.39 is 0 Å². The third-order valence-corrected chi connectivity index (χ3v) is 3.52. The van der Waals surface area contributed by atoms with Crippen molar-refractivity contribution in [1.82, 2.24) is 5.32 Å². The lowest BCUT2D eigenvalue weighted by molar-refractivity contribution is 0.0922. The van der Waals surface area contributed by atoms with E-state index in [-0.39, 0.29) is 24.4 Å². The lowest BCUT2D eigenvalue weighted by atomic mass is 10.1. The van der Waals surface area contributed by atoms with Crippen LogP contribution in [0.3, 0.4) is 0 Å². The highest BCUT2D eigenvalue weighted by atomic mass is 35.5. The number of rotatable bonds is 6. The molecule has 0 saturated carbocycles. The average Bonchev–Trinajstić information content (AvgIpc) is 2.56. The van der Waals surface area contributed by atoms with Gasteiger partial charge >= 0.3 is 0 Å². The molecule has 0 fully saturated rings. The van der Waals surface area contributed by atoms with Crippen LogP contribution in [-0.4, -0.2) is 23.7 Å². The van der Waals surface area contributed by atoms with Crippen LogP contribution in [0.5, 0.6) is 0 Å². The number of carbonyl (C=O) groups excluding carboxylic acids is 1. The minimum atomic E-state index is -0.323. The van der Waals surface area contributed by atoms with Gasteiger partial charge < -0.3 is 15.7 Å². The standard InChI is InChI=1S/C17H18ClFN2O2/c1-11(10-22)21-17(23)12-2-5-15(6-3-12)20-9-13-8-14(18)4-7-16(13)19/h2-8,11,20,22H,9-10H2,1H3,(H,21,23)/t11-/m1/s1. The van der Waals surface area contributed by atoms with Gasteiger partial charge in [-0.25, -0.2) is 4.39 Å². The van der Waals surface area contributed by atoms with E-state index in [1.165, 1.54) is 12.1 Å². The molecule has 2 aromatic rings. The smallest absolute Gasteiger partial charge is 0.251 e. The topological polar surface area (TPSA) is 61.4 Å². The summed E-state index contributed by atoms with van der Waals surface area (Å²) in [5.74, 6) is -0.574. The summed E-state index contributed by atoms with van der Waals surface area (Å²) in [5, 5.41) is 15.1. The van der Waals surface area contributed by atoms with Crippen LogP contribution >= 0.6 is 11.6 Å². The number of aliphatic hydroxyl groups is 1. The molecule has 0 spiro atoms. The van der Waals surface area contributed by atoms with Gasteiger partial charge in [-0.1, -0.05) is 11.6 Å². The van der Waals surface area contributed by atoms with Crippen molar-refractivity contribution in [2.24, 2.45) is 0 Å². The molecular weight excluding hydrogens is 319 g/mol. The Labute approximate surface area is 139 Å². The Morgan fingerprint density at radius 1 is 1.26 bits per heavy atom. The van der Waals surface area contributed by atoms with Crippen molar-refractivity contribution in [3.05, 3.63) is 64.4 Å². The molecule has 0 aliphatic carbocycles. The van der Waals surface area contributed by atoms with E-state index in [9.17, 15) is 9.18 Å². The number of carbonyl (C=O) groups is 1. The van der Waals surface area contributed by atoms with Gasteiger partial charge in [0.15, 0.2) is 0 Å². The van der Waals surface area contributed by atoms with Crippen molar-refractivity contribution in [1.29, 1.82) is 0 Å². The molecule has 122 valence electrons. The Hall–Kier alpha value is -2.11. The van der Waals surface area contributed by atoms with Crippen molar-refractivity contribution >= 4 is 23.2 Å². The third-order valence-electron chi connectivity index (χ3n) is 3.29. The van der Waals surface area contributed by atoms with Gasteiger partial charge in [-0.15, -0.1) is 0 Å². The Kier molecular flexibility index (Phi) is 5.96. The lowest BCUT2D eigenvalue weighted by Crippen LogP contribution is -2.34. The van der Waals surface area contributed by atoms with E-state index in [0.29, 0.717) is 22.7 Å². The van der Waals surface area contributed by atoms with Gasteiger partial charge in [-0.3, -0.25) is 4.79 Å². The number of hydrogen-bond acceptors (Lipinski definition) is 3. The summed E-state index contributed by atoms with van der Waals surface area (Å²) in [4.78, 5) is 11.9. The Morgan fingerprint density at radius 2 is 1.96 bits per heavy atom. The number of benzene rings is 2. The minimum Gasteiger partial charge on any atom is -0.394 e. The molecule has 0 radical (unpaired) electrons. The zero-order valence-corrected chi connectivity index (χ0v) is 13.4. The molecule has 2 aromatic carbocycles. The maximum atomic E-state index is 13.6. The number of halogens is 2. The highest BCUT2D eigenvalue weighted by Crippen LogP contribution is 2.17. The molecule has 1 amide bonds. The van der Waals surface area contributed by atoms with Gasteiger partial charge in [0.2, 0.25) is 0 Å². The number of aliphatic hydroxyl groups excluding tert-OH is 1. The molecule has 0 unspecified atom stereocenters. The molecule has 0 aromatic heterocycles. The minimum absolute atomic E-state index is 0.115. The molecule has 0 heterocycles. The first-order chi connectivity index (χ1) is 11.0. The predicted octanol–water partition coefficient (Wildman–Crippen LogP) is 3.20.